The standard InChI is InChI=1S/C12H18N6O2S/c1-8-12(9(2)17-16-8)21(19,20)14-7-10-13-6-5-11(15-10)18(3)4/h5-6,14H,7H2,1-4H3,(H,16,17). The minimum atomic E-state index is -3.65. The molecule has 2 rings (SSSR count). The van der Waals surface area contributed by atoms with Crippen LogP contribution >= 0.6 is 0 Å². The molecule has 21 heavy (non-hydrogen) atoms. The number of sulfonamides is 1. The average molecular weight is 310 g/mol. The molecule has 0 amide bonds. The van der Waals surface area contributed by atoms with Crippen LogP contribution in [0.2, 0.25) is 0 Å². The van der Waals surface area contributed by atoms with Crippen LogP contribution in [-0.4, -0.2) is 42.7 Å². The number of hydrogen-bond donors (Lipinski definition) is 2. The van der Waals surface area contributed by atoms with Gasteiger partial charge in [0.2, 0.25) is 10.0 Å². The van der Waals surface area contributed by atoms with Crippen LogP contribution in [0.1, 0.15) is 17.2 Å². The zero-order valence-electron chi connectivity index (χ0n) is 12.4. The van der Waals surface area contributed by atoms with Gasteiger partial charge in [-0.15, -0.1) is 0 Å². The number of nitrogens with zero attached hydrogens (tertiary/aromatic N) is 4. The van der Waals surface area contributed by atoms with Crippen molar-refractivity contribution >= 4 is 15.8 Å². The van der Waals surface area contributed by atoms with Crippen molar-refractivity contribution < 1.29 is 8.42 Å². The van der Waals surface area contributed by atoms with E-state index in [1.165, 1.54) is 0 Å². The molecule has 0 fully saturated rings. The van der Waals surface area contributed by atoms with Crippen molar-refractivity contribution in [3.63, 3.8) is 0 Å². The third-order valence-corrected chi connectivity index (χ3v) is 4.56. The molecule has 0 radical (unpaired) electrons. The normalized spacial score (nSPS) is 11.6. The molecule has 0 aliphatic heterocycles. The van der Waals surface area contributed by atoms with E-state index < -0.39 is 10.0 Å². The Morgan fingerprint density at radius 1 is 1.33 bits per heavy atom. The zero-order valence-corrected chi connectivity index (χ0v) is 13.2. The number of H-pyrrole nitrogens is 1. The molecule has 0 aliphatic rings. The second kappa shape index (κ2) is 5.78. The summed E-state index contributed by atoms with van der Waals surface area (Å²) in [5.41, 5.74) is 0.936. The molecule has 0 unspecified atom stereocenters. The van der Waals surface area contributed by atoms with Crippen LogP contribution in [0.25, 0.3) is 0 Å². The highest BCUT2D eigenvalue weighted by atomic mass is 32.2. The Bertz CT molecular complexity index is 718. The topological polar surface area (TPSA) is 104 Å². The summed E-state index contributed by atoms with van der Waals surface area (Å²) in [4.78, 5) is 10.3. The first-order valence-corrected chi connectivity index (χ1v) is 7.80. The highest BCUT2D eigenvalue weighted by molar-refractivity contribution is 7.89. The van der Waals surface area contributed by atoms with E-state index in [4.69, 9.17) is 0 Å². The Morgan fingerprint density at radius 3 is 2.62 bits per heavy atom. The smallest absolute Gasteiger partial charge is 0.244 e. The Kier molecular flexibility index (Phi) is 4.24. The number of aromatic nitrogens is 4. The summed E-state index contributed by atoms with van der Waals surface area (Å²) >= 11 is 0. The zero-order chi connectivity index (χ0) is 15.6. The molecule has 0 atom stereocenters. The Morgan fingerprint density at radius 2 is 2.05 bits per heavy atom. The van der Waals surface area contributed by atoms with Gasteiger partial charge < -0.3 is 4.90 Å². The maximum absolute atomic E-state index is 12.3. The number of nitrogens with one attached hydrogen (secondary N) is 2. The first-order valence-electron chi connectivity index (χ1n) is 6.31. The Labute approximate surface area is 123 Å². The summed E-state index contributed by atoms with van der Waals surface area (Å²) in [5.74, 6) is 1.12. The van der Waals surface area contributed by atoms with E-state index in [9.17, 15) is 8.42 Å². The lowest BCUT2D eigenvalue weighted by Gasteiger charge is -2.12. The van der Waals surface area contributed by atoms with Gasteiger partial charge in [0.1, 0.15) is 16.5 Å². The fourth-order valence-electron chi connectivity index (χ4n) is 1.89. The van der Waals surface area contributed by atoms with Gasteiger partial charge in [0.15, 0.2) is 0 Å². The van der Waals surface area contributed by atoms with Crippen LogP contribution in [0, 0.1) is 13.8 Å². The lowest BCUT2D eigenvalue weighted by Crippen LogP contribution is -2.25. The predicted octanol–water partition coefficient (Wildman–Crippen LogP) is 0.361. The first kappa shape index (κ1) is 15.4. The molecule has 0 bridgehead atoms. The van der Waals surface area contributed by atoms with E-state index in [1.807, 2.05) is 19.0 Å². The molecule has 2 N–H and O–H groups in total. The van der Waals surface area contributed by atoms with Crippen molar-refractivity contribution in [1.29, 1.82) is 0 Å². The molecule has 2 aromatic rings. The maximum Gasteiger partial charge on any atom is 0.244 e. The molecule has 0 saturated heterocycles. The third kappa shape index (κ3) is 3.37. The van der Waals surface area contributed by atoms with Crippen LogP contribution < -0.4 is 9.62 Å². The molecule has 2 aromatic heterocycles. The molecule has 8 nitrogen and oxygen atoms in total. The van der Waals surface area contributed by atoms with E-state index in [1.54, 1.807) is 26.1 Å². The molecule has 2 heterocycles. The van der Waals surface area contributed by atoms with Crippen molar-refractivity contribution in [2.75, 3.05) is 19.0 Å². The number of rotatable bonds is 5. The molecule has 0 spiro atoms. The minimum absolute atomic E-state index is 0.0219. The second-order valence-electron chi connectivity index (χ2n) is 4.81. The number of aromatic amines is 1. The lowest BCUT2D eigenvalue weighted by molar-refractivity contribution is 0.578. The average Bonchev–Trinajstić information content (AvgIpc) is 2.77. The number of hydrogen-bond acceptors (Lipinski definition) is 6. The Balaban J connectivity index is 2.18. The van der Waals surface area contributed by atoms with Crippen LogP contribution in [0.15, 0.2) is 17.2 Å². The van der Waals surface area contributed by atoms with Gasteiger partial charge in [-0.1, -0.05) is 0 Å². The summed E-state index contributed by atoms with van der Waals surface area (Å²) in [7, 11) is 0.0643. The monoisotopic (exact) mass is 310 g/mol. The summed E-state index contributed by atoms with van der Waals surface area (Å²) in [6, 6.07) is 1.75. The van der Waals surface area contributed by atoms with Crippen molar-refractivity contribution in [1.82, 2.24) is 24.9 Å². The van der Waals surface area contributed by atoms with Gasteiger partial charge in [-0.3, -0.25) is 5.10 Å². The van der Waals surface area contributed by atoms with Gasteiger partial charge in [0.05, 0.1) is 17.9 Å². The molecule has 114 valence electrons. The van der Waals surface area contributed by atoms with E-state index in [2.05, 4.69) is 24.9 Å². The van der Waals surface area contributed by atoms with Crippen molar-refractivity contribution in [3.05, 3.63) is 29.5 Å². The summed E-state index contributed by atoms with van der Waals surface area (Å²) in [6.45, 7) is 3.33. The lowest BCUT2D eigenvalue weighted by atomic mass is 10.4. The van der Waals surface area contributed by atoms with Crippen molar-refractivity contribution in [2.24, 2.45) is 0 Å². The number of aryl methyl sites for hydroxylation is 2. The van der Waals surface area contributed by atoms with Gasteiger partial charge >= 0.3 is 0 Å². The van der Waals surface area contributed by atoms with Gasteiger partial charge in [0, 0.05) is 20.3 Å². The fraction of sp³-hybridized carbons (Fsp3) is 0.417. The summed E-state index contributed by atoms with van der Waals surface area (Å²) in [5, 5.41) is 6.55. The van der Waals surface area contributed by atoms with Gasteiger partial charge in [-0.25, -0.2) is 23.1 Å². The largest absolute Gasteiger partial charge is 0.363 e. The van der Waals surface area contributed by atoms with E-state index in [0.29, 0.717) is 17.2 Å². The van der Waals surface area contributed by atoms with Crippen molar-refractivity contribution in [3.8, 4) is 0 Å². The summed E-state index contributed by atoms with van der Waals surface area (Å²) < 4.78 is 27.1. The van der Waals surface area contributed by atoms with Crippen LogP contribution in [-0.2, 0) is 16.6 Å². The SMILES string of the molecule is Cc1n[nH]c(C)c1S(=O)(=O)NCc1nccc(N(C)C)n1. The fourth-order valence-corrected chi connectivity index (χ4v) is 3.24. The molecule has 0 saturated carbocycles. The van der Waals surface area contributed by atoms with Crippen LogP contribution in [0.4, 0.5) is 5.82 Å². The second-order valence-corrected chi connectivity index (χ2v) is 6.52. The van der Waals surface area contributed by atoms with Gasteiger partial charge in [-0.05, 0) is 19.9 Å². The highest BCUT2D eigenvalue weighted by Gasteiger charge is 2.22. The molecular weight excluding hydrogens is 292 g/mol. The van der Waals surface area contributed by atoms with Gasteiger partial charge in [-0.2, -0.15) is 5.10 Å². The molecular formula is C12H18N6O2S. The quantitative estimate of drug-likeness (QED) is 0.826. The van der Waals surface area contributed by atoms with E-state index in [-0.39, 0.29) is 11.4 Å². The maximum atomic E-state index is 12.3. The molecule has 0 aliphatic carbocycles. The molecule has 9 heteroatoms. The van der Waals surface area contributed by atoms with Crippen LogP contribution in [0.3, 0.4) is 0 Å². The van der Waals surface area contributed by atoms with E-state index in [0.717, 1.165) is 5.82 Å². The minimum Gasteiger partial charge on any atom is -0.363 e. The third-order valence-electron chi connectivity index (χ3n) is 2.90. The van der Waals surface area contributed by atoms with Crippen molar-refractivity contribution in [2.45, 2.75) is 25.3 Å². The van der Waals surface area contributed by atoms with Crippen LogP contribution in [0.5, 0.6) is 0 Å². The number of anilines is 1. The first-order chi connectivity index (χ1) is 9.81. The molecule has 0 aromatic carbocycles. The predicted molar refractivity (Wildman–Crippen MR) is 78.4 cm³/mol. The van der Waals surface area contributed by atoms with E-state index >= 15 is 0 Å². The van der Waals surface area contributed by atoms with Gasteiger partial charge in [0.25, 0.3) is 0 Å². The highest BCUT2D eigenvalue weighted by Crippen LogP contribution is 2.16. The summed E-state index contributed by atoms with van der Waals surface area (Å²) in [6.07, 6.45) is 1.60. The Hall–Kier alpha value is -2.00.